The lowest BCUT2D eigenvalue weighted by Crippen LogP contribution is -2.37. The number of aryl methyl sites for hydroxylation is 1. The normalized spacial score (nSPS) is 18.7. The van der Waals surface area contributed by atoms with Gasteiger partial charge in [-0.3, -0.25) is 10.2 Å². The summed E-state index contributed by atoms with van der Waals surface area (Å²) in [5.74, 6) is -0.370. The number of benzene rings is 1. The molecule has 0 aromatic heterocycles. The molecule has 3 nitrogen and oxygen atoms in total. The maximum Gasteiger partial charge on any atom is 0.230 e. The Bertz CT molecular complexity index is 392. The molecule has 1 aromatic carbocycles. The molecule has 1 aliphatic rings. The maximum atomic E-state index is 13.0. The Morgan fingerprint density at radius 2 is 2.33 bits per heavy atom. The van der Waals surface area contributed by atoms with Gasteiger partial charge in [-0.2, -0.15) is 0 Å². The van der Waals surface area contributed by atoms with E-state index in [2.05, 4.69) is 10.9 Å². The second kappa shape index (κ2) is 3.98. The van der Waals surface area contributed by atoms with E-state index in [0.717, 1.165) is 24.0 Å². The number of carbonyl (C=O) groups excluding carboxylic acids is 1. The summed E-state index contributed by atoms with van der Waals surface area (Å²) in [6.45, 7) is 1.44. The molecule has 1 aromatic rings. The molecule has 1 aliphatic carbocycles. The number of rotatable bonds is 2. The van der Waals surface area contributed by atoms with Crippen molar-refractivity contribution >= 4 is 5.91 Å². The van der Waals surface area contributed by atoms with Gasteiger partial charge in [0.25, 0.3) is 0 Å². The van der Waals surface area contributed by atoms with Crippen LogP contribution >= 0.6 is 0 Å². The van der Waals surface area contributed by atoms with Crippen LogP contribution in [0, 0.1) is 5.82 Å². The van der Waals surface area contributed by atoms with Crippen molar-refractivity contribution < 1.29 is 9.18 Å². The zero-order valence-electron chi connectivity index (χ0n) is 8.51. The standard InChI is InChI=1S/C11H13FN2O/c1-7(15)13-14-11-5-3-8-2-4-9(12)6-10(8)11/h2,4,6,11,14H,3,5H2,1H3,(H,13,15). The first-order valence-corrected chi connectivity index (χ1v) is 4.97. The summed E-state index contributed by atoms with van der Waals surface area (Å²) in [7, 11) is 0. The Morgan fingerprint density at radius 3 is 3.07 bits per heavy atom. The van der Waals surface area contributed by atoms with Gasteiger partial charge in [-0.25, -0.2) is 9.82 Å². The number of amides is 1. The molecular weight excluding hydrogens is 195 g/mol. The van der Waals surface area contributed by atoms with Crippen molar-refractivity contribution in [3.63, 3.8) is 0 Å². The number of hydrazine groups is 1. The van der Waals surface area contributed by atoms with Crippen molar-refractivity contribution in [3.8, 4) is 0 Å². The molecule has 1 unspecified atom stereocenters. The summed E-state index contributed by atoms with van der Waals surface area (Å²) in [5.41, 5.74) is 7.53. The topological polar surface area (TPSA) is 41.1 Å². The van der Waals surface area contributed by atoms with Gasteiger partial charge in [0.2, 0.25) is 5.91 Å². The SMILES string of the molecule is CC(=O)NNC1CCc2ccc(F)cc21. The summed E-state index contributed by atoms with van der Waals surface area (Å²) in [6.07, 6.45) is 1.81. The molecule has 4 heteroatoms. The Labute approximate surface area is 87.6 Å². The second-order valence-corrected chi connectivity index (χ2v) is 3.76. The van der Waals surface area contributed by atoms with Crippen molar-refractivity contribution in [2.45, 2.75) is 25.8 Å². The van der Waals surface area contributed by atoms with Gasteiger partial charge < -0.3 is 0 Å². The van der Waals surface area contributed by atoms with Gasteiger partial charge in [0.15, 0.2) is 0 Å². The fourth-order valence-corrected chi connectivity index (χ4v) is 1.91. The van der Waals surface area contributed by atoms with E-state index >= 15 is 0 Å². The van der Waals surface area contributed by atoms with Crippen LogP contribution in [0.15, 0.2) is 18.2 Å². The average Bonchev–Trinajstić information content (AvgIpc) is 2.57. The third-order valence-corrected chi connectivity index (χ3v) is 2.61. The van der Waals surface area contributed by atoms with E-state index in [9.17, 15) is 9.18 Å². The zero-order chi connectivity index (χ0) is 10.8. The van der Waals surface area contributed by atoms with E-state index in [0.29, 0.717) is 0 Å². The first kappa shape index (κ1) is 10.1. The Balaban J connectivity index is 2.13. The minimum absolute atomic E-state index is 0.0274. The molecule has 80 valence electrons. The predicted octanol–water partition coefficient (Wildman–Crippen LogP) is 1.45. The molecule has 0 aliphatic heterocycles. The monoisotopic (exact) mass is 208 g/mol. The van der Waals surface area contributed by atoms with Crippen LogP contribution < -0.4 is 10.9 Å². The Hall–Kier alpha value is -1.42. The molecule has 0 spiro atoms. The van der Waals surface area contributed by atoms with E-state index in [-0.39, 0.29) is 17.8 Å². The highest BCUT2D eigenvalue weighted by Gasteiger charge is 2.22. The van der Waals surface area contributed by atoms with E-state index in [1.165, 1.54) is 19.1 Å². The molecule has 1 atom stereocenters. The summed E-state index contributed by atoms with van der Waals surface area (Å²) >= 11 is 0. The van der Waals surface area contributed by atoms with Crippen LogP contribution in [0.4, 0.5) is 4.39 Å². The van der Waals surface area contributed by atoms with Gasteiger partial charge >= 0.3 is 0 Å². The molecule has 0 heterocycles. The van der Waals surface area contributed by atoms with Gasteiger partial charge in [-0.1, -0.05) is 6.07 Å². The molecule has 0 fully saturated rings. The minimum atomic E-state index is -0.231. The smallest absolute Gasteiger partial charge is 0.230 e. The highest BCUT2D eigenvalue weighted by Crippen LogP contribution is 2.30. The predicted molar refractivity (Wildman–Crippen MR) is 54.4 cm³/mol. The third kappa shape index (κ3) is 2.15. The zero-order valence-corrected chi connectivity index (χ0v) is 8.51. The summed E-state index contributed by atoms with van der Waals surface area (Å²) in [5, 5.41) is 0. The number of fused-ring (bicyclic) bond motifs is 1. The number of nitrogens with one attached hydrogen (secondary N) is 2. The largest absolute Gasteiger partial charge is 0.291 e. The first-order valence-electron chi connectivity index (χ1n) is 4.97. The number of carbonyl (C=O) groups is 1. The average molecular weight is 208 g/mol. The van der Waals surface area contributed by atoms with Gasteiger partial charge in [-0.05, 0) is 36.1 Å². The minimum Gasteiger partial charge on any atom is -0.291 e. The molecule has 0 bridgehead atoms. The quantitative estimate of drug-likeness (QED) is 0.722. The number of halogens is 1. The molecule has 2 rings (SSSR count). The fraction of sp³-hybridized carbons (Fsp3) is 0.364. The Morgan fingerprint density at radius 1 is 1.53 bits per heavy atom. The van der Waals surface area contributed by atoms with Gasteiger partial charge in [-0.15, -0.1) is 0 Å². The van der Waals surface area contributed by atoms with E-state index in [1.807, 2.05) is 0 Å². The van der Waals surface area contributed by atoms with Crippen molar-refractivity contribution in [3.05, 3.63) is 35.1 Å². The van der Waals surface area contributed by atoms with E-state index in [4.69, 9.17) is 0 Å². The van der Waals surface area contributed by atoms with Crippen molar-refractivity contribution in [1.29, 1.82) is 0 Å². The van der Waals surface area contributed by atoms with Crippen LogP contribution in [0.2, 0.25) is 0 Å². The molecule has 0 saturated heterocycles. The lowest BCUT2D eigenvalue weighted by molar-refractivity contribution is -0.120. The van der Waals surface area contributed by atoms with E-state index < -0.39 is 0 Å². The van der Waals surface area contributed by atoms with Crippen LogP contribution in [0.1, 0.15) is 30.5 Å². The number of hydrogen-bond donors (Lipinski definition) is 2. The van der Waals surface area contributed by atoms with Crippen LogP contribution in [0.5, 0.6) is 0 Å². The summed E-state index contributed by atoms with van der Waals surface area (Å²) < 4.78 is 13.0. The highest BCUT2D eigenvalue weighted by molar-refractivity contribution is 5.72. The first-order chi connectivity index (χ1) is 7.16. The van der Waals surface area contributed by atoms with Crippen LogP contribution in [-0.4, -0.2) is 5.91 Å². The Kier molecular flexibility index (Phi) is 2.68. The van der Waals surface area contributed by atoms with Gasteiger partial charge in [0.05, 0.1) is 6.04 Å². The molecule has 0 saturated carbocycles. The second-order valence-electron chi connectivity index (χ2n) is 3.76. The highest BCUT2D eigenvalue weighted by atomic mass is 19.1. The molecule has 1 amide bonds. The van der Waals surface area contributed by atoms with Gasteiger partial charge in [0, 0.05) is 6.92 Å². The van der Waals surface area contributed by atoms with Crippen molar-refractivity contribution in [2.24, 2.45) is 0 Å². The lowest BCUT2D eigenvalue weighted by Gasteiger charge is -2.13. The fourth-order valence-electron chi connectivity index (χ4n) is 1.91. The van der Waals surface area contributed by atoms with Crippen LogP contribution in [-0.2, 0) is 11.2 Å². The summed E-state index contributed by atoms with van der Waals surface area (Å²) in [4.78, 5) is 10.7. The summed E-state index contributed by atoms with van der Waals surface area (Å²) in [6, 6.07) is 4.83. The van der Waals surface area contributed by atoms with E-state index in [1.54, 1.807) is 6.07 Å². The van der Waals surface area contributed by atoms with Crippen LogP contribution in [0.3, 0.4) is 0 Å². The van der Waals surface area contributed by atoms with Crippen molar-refractivity contribution in [2.75, 3.05) is 0 Å². The lowest BCUT2D eigenvalue weighted by atomic mass is 10.1. The molecule has 0 radical (unpaired) electrons. The molecule has 15 heavy (non-hydrogen) atoms. The number of hydrogen-bond acceptors (Lipinski definition) is 2. The molecule has 2 N–H and O–H groups in total. The maximum absolute atomic E-state index is 13.0. The molecular formula is C11H13FN2O. The van der Waals surface area contributed by atoms with Crippen LogP contribution in [0.25, 0.3) is 0 Å². The van der Waals surface area contributed by atoms with Gasteiger partial charge in [0.1, 0.15) is 5.82 Å². The van der Waals surface area contributed by atoms with Crippen molar-refractivity contribution in [1.82, 2.24) is 10.9 Å². The third-order valence-electron chi connectivity index (χ3n) is 2.61.